The lowest BCUT2D eigenvalue weighted by atomic mass is 10.2. The minimum Gasteiger partial charge on any atom is -0.476 e. The van der Waals surface area contributed by atoms with Gasteiger partial charge in [0.25, 0.3) is 0 Å². The molecule has 2 aromatic carbocycles. The number of hydrogen-bond donors (Lipinski definition) is 2. The Morgan fingerprint density at radius 3 is 2.33 bits per heavy atom. The Morgan fingerprint density at radius 2 is 1.73 bits per heavy atom. The highest BCUT2D eigenvalue weighted by atomic mass is 35.5. The molecule has 0 radical (unpaired) electrons. The first kappa shape index (κ1) is 21.3. The van der Waals surface area contributed by atoms with E-state index in [-0.39, 0.29) is 5.69 Å². The number of aromatic carboxylic acids is 1. The first-order chi connectivity index (χ1) is 14.4. The number of nitrogens with two attached hydrogens (primary N) is 1. The fraction of sp³-hybridized carbons (Fsp3) is 0.0476. The number of primary amides is 1. The van der Waals surface area contributed by atoms with Gasteiger partial charge in [0.05, 0.1) is 12.1 Å². The van der Waals surface area contributed by atoms with Crippen molar-refractivity contribution in [1.29, 1.82) is 0 Å². The lowest BCUT2D eigenvalue weighted by Crippen LogP contribution is -2.10. The summed E-state index contributed by atoms with van der Waals surface area (Å²) in [6, 6.07) is 15.6. The van der Waals surface area contributed by atoms with E-state index in [1.165, 1.54) is 12.4 Å². The predicted molar refractivity (Wildman–Crippen MR) is 115 cm³/mol. The molecule has 0 spiro atoms. The van der Waals surface area contributed by atoms with Gasteiger partial charge in [-0.15, -0.1) is 0 Å². The Hall–Kier alpha value is -3.42. The molecule has 0 aliphatic carbocycles. The zero-order chi connectivity index (χ0) is 21.7. The van der Waals surface area contributed by atoms with Gasteiger partial charge in [0.1, 0.15) is 0 Å². The molecular formula is C21H16Cl2N4O3. The minimum atomic E-state index is -1.05. The van der Waals surface area contributed by atoms with E-state index >= 15 is 0 Å². The molecule has 0 unspecified atom stereocenters. The second-order valence-corrected chi connectivity index (χ2v) is 7.01. The van der Waals surface area contributed by atoms with E-state index in [9.17, 15) is 14.7 Å². The molecule has 0 aliphatic rings. The van der Waals surface area contributed by atoms with Crippen LogP contribution in [0.1, 0.15) is 26.4 Å². The van der Waals surface area contributed by atoms with Crippen molar-refractivity contribution in [2.24, 2.45) is 5.73 Å². The lowest BCUT2D eigenvalue weighted by molar-refractivity contribution is 0.0691. The minimum absolute atomic E-state index is 0.0377. The van der Waals surface area contributed by atoms with Gasteiger partial charge >= 0.3 is 5.97 Å². The zero-order valence-electron chi connectivity index (χ0n) is 15.5. The summed E-state index contributed by atoms with van der Waals surface area (Å²) in [7, 11) is 0. The van der Waals surface area contributed by atoms with E-state index in [0.29, 0.717) is 27.5 Å². The second-order valence-electron chi connectivity index (χ2n) is 6.16. The van der Waals surface area contributed by atoms with Gasteiger partial charge in [0.15, 0.2) is 5.69 Å². The zero-order valence-corrected chi connectivity index (χ0v) is 17.0. The summed E-state index contributed by atoms with van der Waals surface area (Å²) in [5.41, 5.74) is 7.05. The van der Waals surface area contributed by atoms with Gasteiger partial charge < -0.3 is 10.8 Å². The van der Waals surface area contributed by atoms with E-state index in [4.69, 9.17) is 28.9 Å². The van der Waals surface area contributed by atoms with E-state index in [2.05, 4.69) is 10.1 Å². The van der Waals surface area contributed by atoms with E-state index in [0.717, 1.165) is 11.1 Å². The van der Waals surface area contributed by atoms with Crippen molar-refractivity contribution in [2.75, 3.05) is 0 Å². The fourth-order valence-corrected chi connectivity index (χ4v) is 3.20. The molecule has 0 fully saturated rings. The highest BCUT2D eigenvalue weighted by molar-refractivity contribution is 6.35. The number of nitrogens with zero attached hydrogens (tertiary/aromatic N) is 3. The van der Waals surface area contributed by atoms with E-state index < -0.39 is 11.9 Å². The third kappa shape index (κ3) is 4.94. The predicted octanol–water partition coefficient (Wildman–Crippen LogP) is 4.27. The number of fused-ring (bicyclic) bond motifs is 1. The van der Waals surface area contributed by atoms with Crippen LogP contribution >= 0.6 is 23.2 Å². The molecule has 4 aromatic rings. The van der Waals surface area contributed by atoms with Crippen LogP contribution in [0.15, 0.2) is 67.0 Å². The Balaban J connectivity index is 0.000000239. The number of hydrogen-bond acceptors (Lipinski definition) is 4. The maximum Gasteiger partial charge on any atom is 0.357 e. The molecule has 0 bridgehead atoms. The smallest absolute Gasteiger partial charge is 0.357 e. The van der Waals surface area contributed by atoms with Gasteiger partial charge in [-0.3, -0.25) is 14.5 Å². The normalized spacial score (nSPS) is 10.3. The molecule has 7 nitrogen and oxygen atoms in total. The van der Waals surface area contributed by atoms with Gasteiger partial charge in [-0.05, 0) is 35.9 Å². The van der Waals surface area contributed by atoms with Crippen LogP contribution in [0, 0.1) is 0 Å². The van der Waals surface area contributed by atoms with Crippen LogP contribution in [0.2, 0.25) is 10.0 Å². The average molecular weight is 443 g/mol. The molecule has 9 heteroatoms. The number of halogens is 2. The second kappa shape index (κ2) is 9.39. The molecule has 0 atom stereocenters. The third-order valence-electron chi connectivity index (χ3n) is 4.16. The summed E-state index contributed by atoms with van der Waals surface area (Å²) >= 11 is 12.0. The molecule has 4 rings (SSSR count). The third-order valence-corrected chi connectivity index (χ3v) is 4.75. The summed E-state index contributed by atoms with van der Waals surface area (Å²) < 4.78 is 1.63. The molecule has 0 aliphatic heterocycles. The first-order valence-electron chi connectivity index (χ1n) is 8.69. The molecule has 0 saturated heterocycles. The molecule has 2 heterocycles. The number of benzene rings is 2. The fourth-order valence-electron chi connectivity index (χ4n) is 2.73. The van der Waals surface area contributed by atoms with Crippen LogP contribution in [0.5, 0.6) is 0 Å². The number of pyridine rings is 1. The summed E-state index contributed by atoms with van der Waals surface area (Å²) in [5, 5.41) is 15.1. The van der Waals surface area contributed by atoms with Gasteiger partial charge in [0.2, 0.25) is 5.91 Å². The van der Waals surface area contributed by atoms with Gasteiger partial charge in [-0.2, -0.15) is 5.10 Å². The van der Waals surface area contributed by atoms with E-state index in [1.807, 2.05) is 18.2 Å². The SMILES string of the molecule is NC(=O)c1ccncc1.O=C(O)c1nn(Cc2ccc(Cl)cc2Cl)c2ccccc12. The van der Waals surface area contributed by atoms with Crippen LogP contribution in [0.3, 0.4) is 0 Å². The van der Waals surface area contributed by atoms with Crippen molar-refractivity contribution in [2.45, 2.75) is 6.54 Å². The van der Waals surface area contributed by atoms with Gasteiger partial charge in [-0.25, -0.2) is 4.79 Å². The molecular weight excluding hydrogens is 427 g/mol. The number of aromatic nitrogens is 3. The molecule has 3 N–H and O–H groups in total. The van der Waals surface area contributed by atoms with Crippen molar-refractivity contribution in [1.82, 2.24) is 14.8 Å². The number of amides is 1. The Kier molecular flexibility index (Phi) is 6.66. The van der Waals surface area contributed by atoms with Gasteiger partial charge in [0, 0.05) is 33.4 Å². The van der Waals surface area contributed by atoms with Crippen LogP contribution < -0.4 is 5.73 Å². The molecule has 0 saturated carbocycles. The topological polar surface area (TPSA) is 111 Å². The van der Waals surface area contributed by atoms with E-state index in [1.54, 1.807) is 41.1 Å². The van der Waals surface area contributed by atoms with Gasteiger partial charge in [-0.1, -0.05) is 47.5 Å². The highest BCUT2D eigenvalue weighted by Crippen LogP contribution is 2.24. The molecule has 30 heavy (non-hydrogen) atoms. The Labute approximate surface area is 181 Å². The van der Waals surface area contributed by atoms with Crippen molar-refractivity contribution < 1.29 is 14.7 Å². The van der Waals surface area contributed by atoms with Crippen molar-refractivity contribution in [3.8, 4) is 0 Å². The van der Waals surface area contributed by atoms with Crippen molar-refractivity contribution in [3.63, 3.8) is 0 Å². The van der Waals surface area contributed by atoms with Crippen LogP contribution in [-0.4, -0.2) is 31.7 Å². The number of carboxylic acid groups (broad SMARTS) is 1. The van der Waals surface area contributed by atoms with Crippen molar-refractivity contribution >= 4 is 46.0 Å². The maximum atomic E-state index is 11.3. The summed E-state index contributed by atoms with van der Waals surface area (Å²) in [6.45, 7) is 0.379. The van der Waals surface area contributed by atoms with Crippen LogP contribution in [0.25, 0.3) is 10.9 Å². The molecule has 152 valence electrons. The lowest BCUT2D eigenvalue weighted by Gasteiger charge is -2.06. The number of rotatable bonds is 4. The average Bonchev–Trinajstić information content (AvgIpc) is 3.10. The van der Waals surface area contributed by atoms with Crippen LogP contribution in [-0.2, 0) is 6.54 Å². The first-order valence-corrected chi connectivity index (χ1v) is 9.45. The number of carbonyl (C=O) groups excluding carboxylic acids is 1. The summed E-state index contributed by atoms with van der Waals surface area (Å²) in [5.74, 6) is -1.47. The number of para-hydroxylation sites is 1. The Morgan fingerprint density at radius 1 is 1.03 bits per heavy atom. The largest absolute Gasteiger partial charge is 0.476 e. The number of carbonyl (C=O) groups is 2. The Bertz CT molecular complexity index is 1210. The standard InChI is InChI=1S/C15H10Cl2N2O2.C6H6N2O/c16-10-6-5-9(12(17)7-10)8-19-13-4-2-1-3-11(13)14(18-19)15(20)21;7-6(9)5-1-3-8-4-2-5/h1-7H,8H2,(H,20,21);1-4H,(H2,7,9). The molecule has 2 aromatic heterocycles. The summed E-state index contributed by atoms with van der Waals surface area (Å²) in [6.07, 6.45) is 3.06. The van der Waals surface area contributed by atoms with Crippen LogP contribution in [0.4, 0.5) is 0 Å². The monoisotopic (exact) mass is 442 g/mol. The molecule has 1 amide bonds. The maximum absolute atomic E-state index is 11.3. The number of carboxylic acids is 1. The van der Waals surface area contributed by atoms with Crippen molar-refractivity contribution in [3.05, 3.63) is 93.9 Å². The summed E-state index contributed by atoms with van der Waals surface area (Å²) in [4.78, 5) is 25.4. The quantitative estimate of drug-likeness (QED) is 0.489. The highest BCUT2D eigenvalue weighted by Gasteiger charge is 2.16.